The predicted octanol–water partition coefficient (Wildman–Crippen LogP) is 2.38. The number of para-hydroxylation sites is 2. The Hall–Kier alpha value is -2.02. The summed E-state index contributed by atoms with van der Waals surface area (Å²) in [7, 11) is 0. The third kappa shape index (κ3) is 4.00. The summed E-state index contributed by atoms with van der Waals surface area (Å²) in [4.78, 5) is 27.7. The van der Waals surface area contributed by atoms with Crippen molar-refractivity contribution < 1.29 is 9.59 Å². The van der Waals surface area contributed by atoms with Crippen LogP contribution in [0.5, 0.6) is 0 Å². The van der Waals surface area contributed by atoms with Crippen LogP contribution in [0.15, 0.2) is 29.4 Å². The van der Waals surface area contributed by atoms with Gasteiger partial charge in [0.2, 0.25) is 5.91 Å². The molecule has 0 spiro atoms. The fraction of sp³-hybridized carbons (Fsp3) is 0.400. The molecular weight excluding hydrogens is 300 g/mol. The van der Waals surface area contributed by atoms with E-state index in [9.17, 15) is 9.59 Å². The second-order valence-corrected chi connectivity index (χ2v) is 5.66. The topological polar surface area (TPSA) is 76.0 Å². The van der Waals surface area contributed by atoms with Crippen molar-refractivity contribution in [2.24, 2.45) is 0 Å². The number of imidazole rings is 1. The van der Waals surface area contributed by atoms with Gasteiger partial charge in [-0.2, -0.15) is 0 Å². The summed E-state index contributed by atoms with van der Waals surface area (Å²) in [5.41, 5.74) is 1.96. The first kappa shape index (κ1) is 16.4. The molecule has 22 heavy (non-hydrogen) atoms. The standard InChI is InChI=1S/C15H20N4O2S/c1-3-9-16-14(21)18-13(20)10-22-15-17-11-7-5-6-8-12(11)19(15)4-2/h5-8H,3-4,9-10H2,1-2H3,(H2,16,18,20,21). The highest BCUT2D eigenvalue weighted by molar-refractivity contribution is 7.99. The number of aryl methyl sites for hydroxylation is 1. The summed E-state index contributed by atoms with van der Waals surface area (Å²) in [5.74, 6) is -0.170. The summed E-state index contributed by atoms with van der Waals surface area (Å²) in [6.45, 7) is 5.32. The van der Waals surface area contributed by atoms with Crippen LogP contribution >= 0.6 is 11.8 Å². The Morgan fingerprint density at radius 1 is 1.27 bits per heavy atom. The minimum absolute atomic E-state index is 0.156. The zero-order chi connectivity index (χ0) is 15.9. The third-order valence-electron chi connectivity index (χ3n) is 3.06. The number of carbonyl (C=O) groups excluding carboxylic acids is 2. The van der Waals surface area contributed by atoms with Crippen molar-refractivity contribution >= 4 is 34.7 Å². The average molecular weight is 320 g/mol. The van der Waals surface area contributed by atoms with Gasteiger partial charge in [-0.05, 0) is 25.5 Å². The molecule has 2 aromatic rings. The maximum absolute atomic E-state index is 11.8. The number of aromatic nitrogens is 2. The second-order valence-electron chi connectivity index (χ2n) is 4.72. The van der Waals surface area contributed by atoms with Gasteiger partial charge in [-0.15, -0.1) is 0 Å². The summed E-state index contributed by atoms with van der Waals surface area (Å²) in [6, 6.07) is 7.42. The van der Waals surface area contributed by atoms with Gasteiger partial charge in [0.1, 0.15) is 0 Å². The number of imide groups is 1. The first-order valence-corrected chi connectivity index (χ1v) is 8.30. The number of amides is 3. The zero-order valence-electron chi connectivity index (χ0n) is 12.8. The Kier molecular flexibility index (Phi) is 5.83. The molecule has 0 fully saturated rings. The van der Waals surface area contributed by atoms with Gasteiger partial charge >= 0.3 is 6.03 Å². The monoisotopic (exact) mass is 320 g/mol. The van der Waals surface area contributed by atoms with Crippen molar-refractivity contribution in [2.45, 2.75) is 32.0 Å². The van der Waals surface area contributed by atoms with Crippen LogP contribution in [0.4, 0.5) is 4.79 Å². The maximum Gasteiger partial charge on any atom is 0.321 e. The quantitative estimate of drug-likeness (QED) is 0.801. The van der Waals surface area contributed by atoms with Crippen LogP contribution in [0.25, 0.3) is 11.0 Å². The average Bonchev–Trinajstić information content (AvgIpc) is 2.88. The van der Waals surface area contributed by atoms with E-state index in [1.165, 1.54) is 11.8 Å². The molecule has 0 saturated heterocycles. The summed E-state index contributed by atoms with van der Waals surface area (Å²) in [5, 5.41) is 5.70. The lowest BCUT2D eigenvalue weighted by Gasteiger charge is -2.06. The summed E-state index contributed by atoms with van der Waals surface area (Å²) in [6.07, 6.45) is 0.830. The molecule has 0 aliphatic rings. The summed E-state index contributed by atoms with van der Waals surface area (Å²) < 4.78 is 2.06. The van der Waals surface area contributed by atoms with Crippen LogP contribution in [-0.4, -0.2) is 33.8 Å². The Balaban J connectivity index is 1.96. The van der Waals surface area contributed by atoms with E-state index in [-0.39, 0.29) is 11.7 Å². The molecule has 0 bridgehead atoms. The number of hydrogen-bond acceptors (Lipinski definition) is 4. The molecule has 0 aliphatic carbocycles. The minimum Gasteiger partial charge on any atom is -0.338 e. The van der Waals surface area contributed by atoms with E-state index >= 15 is 0 Å². The van der Waals surface area contributed by atoms with Crippen LogP contribution in [0.1, 0.15) is 20.3 Å². The van der Waals surface area contributed by atoms with E-state index in [4.69, 9.17) is 0 Å². The number of benzene rings is 1. The van der Waals surface area contributed by atoms with Gasteiger partial charge in [0, 0.05) is 13.1 Å². The minimum atomic E-state index is -0.448. The number of carbonyl (C=O) groups is 2. The number of urea groups is 1. The van der Waals surface area contributed by atoms with E-state index in [0.717, 1.165) is 29.2 Å². The van der Waals surface area contributed by atoms with Gasteiger partial charge in [0.15, 0.2) is 5.16 Å². The van der Waals surface area contributed by atoms with E-state index in [1.807, 2.05) is 38.1 Å². The van der Waals surface area contributed by atoms with Crippen LogP contribution in [0, 0.1) is 0 Å². The molecule has 0 unspecified atom stereocenters. The lowest BCUT2D eigenvalue weighted by molar-refractivity contribution is -0.117. The molecule has 1 aromatic carbocycles. The van der Waals surface area contributed by atoms with Crippen LogP contribution in [-0.2, 0) is 11.3 Å². The molecule has 1 aromatic heterocycles. The van der Waals surface area contributed by atoms with Gasteiger partial charge in [-0.1, -0.05) is 30.8 Å². The smallest absolute Gasteiger partial charge is 0.321 e. The van der Waals surface area contributed by atoms with Crippen molar-refractivity contribution in [2.75, 3.05) is 12.3 Å². The Bertz CT molecular complexity index is 669. The highest BCUT2D eigenvalue weighted by Crippen LogP contribution is 2.23. The Morgan fingerprint density at radius 2 is 2.05 bits per heavy atom. The maximum atomic E-state index is 11.8. The van der Waals surface area contributed by atoms with Crippen molar-refractivity contribution in [3.63, 3.8) is 0 Å². The molecule has 0 saturated carbocycles. The SMILES string of the molecule is CCCNC(=O)NC(=O)CSc1nc2ccccc2n1CC. The molecule has 1 heterocycles. The summed E-state index contributed by atoms with van der Waals surface area (Å²) >= 11 is 1.33. The van der Waals surface area contributed by atoms with Crippen molar-refractivity contribution in [3.05, 3.63) is 24.3 Å². The molecule has 118 valence electrons. The van der Waals surface area contributed by atoms with E-state index in [0.29, 0.717) is 6.54 Å². The first-order chi connectivity index (χ1) is 10.7. The molecule has 0 aliphatic heterocycles. The molecule has 0 radical (unpaired) electrons. The van der Waals surface area contributed by atoms with Crippen molar-refractivity contribution in [1.82, 2.24) is 20.2 Å². The number of nitrogens with one attached hydrogen (secondary N) is 2. The van der Waals surface area contributed by atoms with Crippen molar-refractivity contribution in [3.8, 4) is 0 Å². The third-order valence-corrected chi connectivity index (χ3v) is 4.03. The molecule has 6 nitrogen and oxygen atoms in total. The molecule has 7 heteroatoms. The fourth-order valence-electron chi connectivity index (χ4n) is 2.04. The lowest BCUT2D eigenvalue weighted by Crippen LogP contribution is -2.40. The molecule has 2 rings (SSSR count). The van der Waals surface area contributed by atoms with Crippen LogP contribution in [0.3, 0.4) is 0 Å². The Morgan fingerprint density at radius 3 is 2.77 bits per heavy atom. The number of nitrogens with zero attached hydrogens (tertiary/aromatic N) is 2. The number of rotatable bonds is 6. The Labute approximate surface area is 133 Å². The second kappa shape index (κ2) is 7.84. The van der Waals surface area contributed by atoms with Gasteiger partial charge in [-0.3, -0.25) is 10.1 Å². The largest absolute Gasteiger partial charge is 0.338 e. The van der Waals surface area contributed by atoms with E-state index < -0.39 is 6.03 Å². The van der Waals surface area contributed by atoms with Crippen molar-refractivity contribution in [1.29, 1.82) is 0 Å². The first-order valence-electron chi connectivity index (χ1n) is 7.31. The molecule has 3 amide bonds. The highest BCUT2D eigenvalue weighted by atomic mass is 32.2. The van der Waals surface area contributed by atoms with E-state index in [2.05, 4.69) is 20.2 Å². The zero-order valence-corrected chi connectivity index (χ0v) is 13.6. The molecular formula is C15H20N4O2S. The highest BCUT2D eigenvalue weighted by Gasteiger charge is 2.13. The van der Waals surface area contributed by atoms with Gasteiger partial charge in [0.25, 0.3) is 0 Å². The predicted molar refractivity (Wildman–Crippen MR) is 88.0 cm³/mol. The molecule has 0 atom stereocenters. The number of fused-ring (bicyclic) bond motifs is 1. The van der Waals surface area contributed by atoms with Crippen LogP contribution < -0.4 is 10.6 Å². The lowest BCUT2D eigenvalue weighted by atomic mass is 10.3. The van der Waals surface area contributed by atoms with Gasteiger partial charge < -0.3 is 9.88 Å². The van der Waals surface area contributed by atoms with Gasteiger partial charge in [-0.25, -0.2) is 9.78 Å². The fourth-order valence-corrected chi connectivity index (χ4v) is 2.92. The number of hydrogen-bond donors (Lipinski definition) is 2. The van der Waals surface area contributed by atoms with Crippen LogP contribution in [0.2, 0.25) is 0 Å². The molecule has 2 N–H and O–H groups in total. The van der Waals surface area contributed by atoms with E-state index in [1.54, 1.807) is 0 Å². The van der Waals surface area contributed by atoms with Gasteiger partial charge in [0.05, 0.1) is 16.8 Å². The normalized spacial score (nSPS) is 10.6. The number of thioether (sulfide) groups is 1.